The Morgan fingerprint density at radius 2 is 1.81 bits per heavy atom. The third-order valence-corrected chi connectivity index (χ3v) is 8.28. The number of nitrogens with zero attached hydrogens (tertiary/aromatic N) is 3. The Balaban J connectivity index is 1.75. The fourth-order valence-electron chi connectivity index (χ4n) is 3.13. The summed E-state index contributed by atoms with van der Waals surface area (Å²) in [5, 5.41) is 24.9. The number of nitrogens with two attached hydrogens (primary N) is 1. The summed E-state index contributed by atoms with van der Waals surface area (Å²) in [6, 6.07) is 3.04. The Hall–Kier alpha value is -1.29. The van der Waals surface area contributed by atoms with Gasteiger partial charge in [0, 0.05) is 0 Å². The second kappa shape index (κ2) is 8.49. The zero-order valence-electron chi connectivity index (χ0n) is 16.0. The first kappa shape index (κ1) is 25.3. The maximum absolute atomic E-state index is 11.9. The fourth-order valence-corrected chi connectivity index (χ4v) is 6.16. The fraction of sp³-hybridized carbons (Fsp3) is 0.500. The highest BCUT2D eigenvalue weighted by Crippen LogP contribution is 2.66. The van der Waals surface area contributed by atoms with Gasteiger partial charge in [0.25, 0.3) is 0 Å². The molecule has 1 aliphatic rings. The van der Waals surface area contributed by atoms with Crippen molar-refractivity contribution in [3.05, 3.63) is 24.2 Å². The Kier molecular flexibility index (Phi) is 6.72. The molecule has 17 nitrogen and oxygen atoms in total. The molecule has 3 rings (SSSR count). The van der Waals surface area contributed by atoms with Gasteiger partial charge in [0.15, 0.2) is 5.82 Å². The number of aliphatic hydroxyl groups excluding tert-OH is 2. The molecule has 0 radical (unpaired) electrons. The predicted molar refractivity (Wildman–Crippen MR) is 101 cm³/mol. The molecule has 1 aliphatic heterocycles. The Morgan fingerprint density at radius 1 is 1.16 bits per heavy atom. The molecule has 0 amide bonds. The summed E-state index contributed by atoms with van der Waals surface area (Å²) in [5.74, 6) is 0.132. The molecule has 0 bridgehead atoms. The van der Waals surface area contributed by atoms with Crippen LogP contribution in [0, 0.1) is 0 Å². The number of rotatable bonds is 8. The van der Waals surface area contributed by atoms with E-state index in [9.17, 15) is 28.8 Å². The number of anilines is 1. The number of hydrogen-bond acceptors (Lipinski definition) is 12. The lowest BCUT2D eigenvalue weighted by molar-refractivity contribution is -0.0882. The molecule has 8 N–H and O–H groups in total. The summed E-state index contributed by atoms with van der Waals surface area (Å²) in [4.78, 5) is 39.6. The molecule has 0 aliphatic carbocycles. The van der Waals surface area contributed by atoms with E-state index in [1.807, 2.05) is 0 Å². The highest BCUT2D eigenvalue weighted by Gasteiger charge is 2.54. The van der Waals surface area contributed by atoms with Crippen molar-refractivity contribution in [2.45, 2.75) is 30.8 Å². The van der Waals surface area contributed by atoms with Gasteiger partial charge in [0.1, 0.15) is 35.8 Å². The number of aliphatic hydroxyl groups is 2. The van der Waals surface area contributed by atoms with E-state index in [0.29, 0.717) is 5.52 Å². The van der Waals surface area contributed by atoms with Gasteiger partial charge >= 0.3 is 23.5 Å². The van der Waals surface area contributed by atoms with Crippen molar-refractivity contribution >= 4 is 34.8 Å². The maximum atomic E-state index is 11.9. The SMILES string of the molecule is C[C@@]1(c2ccc3c(N)ncnn23)O[C@H](COP(=O)(O)OP(=O)(O)OP(=O)(O)O)[C@@H](O)[C@H]1O. The maximum Gasteiger partial charge on any atom is 0.490 e. The molecule has 180 valence electrons. The first-order valence-corrected chi connectivity index (χ1v) is 13.0. The second-order valence-corrected chi connectivity index (χ2v) is 11.2. The van der Waals surface area contributed by atoms with Crippen LogP contribution in [0.2, 0.25) is 0 Å². The molecule has 2 aromatic heterocycles. The third kappa shape index (κ3) is 5.26. The molecule has 2 unspecified atom stereocenters. The van der Waals surface area contributed by atoms with Gasteiger partial charge in [-0.15, -0.1) is 0 Å². The van der Waals surface area contributed by atoms with E-state index in [-0.39, 0.29) is 11.5 Å². The van der Waals surface area contributed by atoms with E-state index < -0.39 is 54.0 Å². The van der Waals surface area contributed by atoms with Gasteiger partial charge in [-0.1, -0.05) is 0 Å². The molecule has 3 heterocycles. The monoisotopic (exact) mass is 520 g/mol. The molecule has 0 spiro atoms. The predicted octanol–water partition coefficient (Wildman–Crippen LogP) is -1.01. The standard InChI is InChI=1S/C12H19N4O13P3/c1-12(8-3-2-6-11(13)14-5-15-16(6)8)10(18)9(17)7(27-12)4-26-31(22,23)29-32(24,25)28-30(19,20)21/h2-3,5,7,9-10,17-18H,4H2,1H3,(H,22,23)(H,24,25)(H2,13,14,15)(H2,19,20,21)/t7-,9-,10-,12+/m1/s1. The second-order valence-electron chi connectivity index (χ2n) is 6.75. The van der Waals surface area contributed by atoms with Crippen LogP contribution in [0.25, 0.3) is 5.52 Å². The number of aromatic nitrogens is 3. The van der Waals surface area contributed by atoms with Crippen molar-refractivity contribution in [1.82, 2.24) is 14.6 Å². The van der Waals surface area contributed by atoms with Crippen molar-refractivity contribution in [3.8, 4) is 0 Å². The van der Waals surface area contributed by atoms with Crippen LogP contribution in [0.15, 0.2) is 18.5 Å². The number of phosphoric ester groups is 1. The average molecular weight is 520 g/mol. The van der Waals surface area contributed by atoms with Gasteiger partial charge in [-0.05, 0) is 19.1 Å². The number of hydrogen-bond donors (Lipinski definition) is 7. The molecule has 20 heteroatoms. The lowest BCUT2D eigenvalue weighted by Crippen LogP contribution is -2.39. The molecule has 2 aromatic rings. The number of phosphoric acid groups is 3. The Labute approximate surface area is 178 Å². The summed E-state index contributed by atoms with van der Waals surface area (Å²) in [6.07, 6.45) is -3.56. The minimum atomic E-state index is -5.70. The minimum Gasteiger partial charge on any atom is -0.387 e. The number of ether oxygens (including phenoxy) is 1. The topological polar surface area (TPSA) is 266 Å². The van der Waals surface area contributed by atoms with Crippen molar-refractivity contribution < 1.29 is 61.4 Å². The largest absolute Gasteiger partial charge is 0.490 e. The third-order valence-electron chi connectivity index (χ3n) is 4.47. The quantitative estimate of drug-likeness (QED) is 0.206. The summed E-state index contributed by atoms with van der Waals surface area (Å²) < 4.78 is 52.5. The molecular weight excluding hydrogens is 501 g/mol. The first-order valence-electron chi connectivity index (χ1n) is 8.46. The van der Waals surface area contributed by atoms with Crippen molar-refractivity contribution in [2.75, 3.05) is 12.3 Å². The van der Waals surface area contributed by atoms with Crippen LogP contribution in [-0.2, 0) is 37.2 Å². The van der Waals surface area contributed by atoms with Gasteiger partial charge in [0.05, 0.1) is 12.3 Å². The minimum absolute atomic E-state index is 0.132. The van der Waals surface area contributed by atoms with Crippen LogP contribution < -0.4 is 5.73 Å². The average Bonchev–Trinajstić information content (AvgIpc) is 3.14. The van der Waals surface area contributed by atoms with Crippen LogP contribution in [0.3, 0.4) is 0 Å². The normalized spacial score (nSPS) is 30.3. The zero-order chi connectivity index (χ0) is 24.1. The highest BCUT2D eigenvalue weighted by atomic mass is 31.3. The Bertz CT molecular complexity index is 1150. The van der Waals surface area contributed by atoms with Crippen LogP contribution in [0.4, 0.5) is 5.82 Å². The molecule has 32 heavy (non-hydrogen) atoms. The van der Waals surface area contributed by atoms with Gasteiger partial charge in [0.2, 0.25) is 0 Å². The van der Waals surface area contributed by atoms with Crippen LogP contribution in [0.1, 0.15) is 12.6 Å². The van der Waals surface area contributed by atoms with E-state index in [0.717, 1.165) is 6.33 Å². The van der Waals surface area contributed by atoms with Gasteiger partial charge in [-0.25, -0.2) is 23.2 Å². The molecule has 1 fully saturated rings. The molecule has 0 saturated carbocycles. The van der Waals surface area contributed by atoms with Crippen molar-refractivity contribution in [2.24, 2.45) is 0 Å². The highest BCUT2D eigenvalue weighted by molar-refractivity contribution is 7.66. The molecule has 0 aromatic carbocycles. The first-order chi connectivity index (χ1) is 14.5. The van der Waals surface area contributed by atoms with Gasteiger partial charge < -0.3 is 40.3 Å². The number of fused-ring (bicyclic) bond motifs is 1. The smallest absolute Gasteiger partial charge is 0.387 e. The summed E-state index contributed by atoms with van der Waals surface area (Å²) in [6.45, 7) is 0.448. The lowest BCUT2D eigenvalue weighted by atomic mass is 9.93. The van der Waals surface area contributed by atoms with Crippen LogP contribution in [-0.4, -0.2) is 69.3 Å². The van der Waals surface area contributed by atoms with Gasteiger partial charge in [-0.3, -0.25) is 4.52 Å². The van der Waals surface area contributed by atoms with Gasteiger partial charge in [-0.2, -0.15) is 13.7 Å². The van der Waals surface area contributed by atoms with Crippen molar-refractivity contribution in [1.29, 1.82) is 0 Å². The lowest BCUT2D eigenvalue weighted by Gasteiger charge is -2.27. The number of nitrogen functional groups attached to an aromatic ring is 1. The van der Waals surface area contributed by atoms with E-state index in [1.54, 1.807) is 0 Å². The van der Waals surface area contributed by atoms with Crippen molar-refractivity contribution in [3.63, 3.8) is 0 Å². The molecule has 1 saturated heterocycles. The Morgan fingerprint density at radius 3 is 2.44 bits per heavy atom. The zero-order valence-corrected chi connectivity index (χ0v) is 18.7. The van der Waals surface area contributed by atoms with E-state index in [1.165, 1.54) is 23.6 Å². The molecular formula is C12H19N4O13P3. The van der Waals surface area contributed by atoms with Crippen LogP contribution >= 0.6 is 23.5 Å². The van der Waals surface area contributed by atoms with E-state index >= 15 is 0 Å². The summed E-state index contributed by atoms with van der Waals surface area (Å²) in [5.41, 5.74) is 4.78. The van der Waals surface area contributed by atoms with E-state index in [4.69, 9.17) is 25.2 Å². The summed E-state index contributed by atoms with van der Waals surface area (Å²) in [7, 11) is -16.7. The van der Waals surface area contributed by atoms with Crippen LogP contribution in [0.5, 0.6) is 0 Å². The molecule has 6 atom stereocenters. The van der Waals surface area contributed by atoms with E-state index in [2.05, 4.69) is 23.2 Å². The summed E-state index contributed by atoms with van der Waals surface area (Å²) >= 11 is 0.